The van der Waals surface area contributed by atoms with Gasteiger partial charge in [0.25, 0.3) is 0 Å². The van der Waals surface area contributed by atoms with Crippen molar-refractivity contribution in [2.24, 2.45) is 0 Å². The lowest BCUT2D eigenvalue weighted by molar-refractivity contribution is 0.0503. The molecule has 3 heteroatoms. The van der Waals surface area contributed by atoms with E-state index >= 15 is 0 Å². The molecule has 1 aliphatic heterocycles. The normalized spacial score (nSPS) is 21.2. The number of rotatable bonds is 1. The lowest BCUT2D eigenvalue weighted by atomic mass is 9.85. The van der Waals surface area contributed by atoms with Crippen LogP contribution >= 0.6 is 15.9 Å². The van der Waals surface area contributed by atoms with Gasteiger partial charge in [0, 0.05) is 4.47 Å². The van der Waals surface area contributed by atoms with Crippen molar-refractivity contribution in [3.63, 3.8) is 0 Å². The number of hydrogen-bond acceptors (Lipinski definition) is 2. The van der Waals surface area contributed by atoms with Crippen molar-refractivity contribution < 1.29 is 9.53 Å². The van der Waals surface area contributed by atoms with Gasteiger partial charge in [0.05, 0.1) is 12.0 Å². The number of benzene rings is 2. The molecule has 0 saturated heterocycles. The fraction of sp³-hybridized carbons (Fsp3) is 0.235. The van der Waals surface area contributed by atoms with Crippen LogP contribution < -0.4 is 4.74 Å². The number of hydrogen-bond donors (Lipinski definition) is 0. The predicted molar refractivity (Wildman–Crippen MR) is 82.2 cm³/mol. The van der Waals surface area contributed by atoms with Crippen LogP contribution in [0.5, 0.6) is 5.75 Å². The zero-order valence-electron chi connectivity index (χ0n) is 11.4. The molecule has 0 aliphatic carbocycles. The maximum absolute atomic E-state index is 12.4. The molecule has 0 fully saturated rings. The van der Waals surface area contributed by atoms with E-state index in [2.05, 4.69) is 22.0 Å². The molecule has 0 spiro atoms. The summed E-state index contributed by atoms with van der Waals surface area (Å²) >= 11 is 3.42. The predicted octanol–water partition coefficient (Wildman–Crippen LogP) is 4.64. The second kappa shape index (κ2) is 4.74. The molecule has 2 nitrogen and oxygen atoms in total. The summed E-state index contributed by atoms with van der Waals surface area (Å²) in [5.74, 6) is 0.780. The van der Waals surface area contributed by atoms with Gasteiger partial charge in [0.1, 0.15) is 11.4 Å². The van der Waals surface area contributed by atoms with E-state index in [0.717, 1.165) is 10.0 Å². The monoisotopic (exact) mass is 330 g/mol. The molecule has 0 amide bonds. The Morgan fingerprint density at radius 1 is 1.20 bits per heavy atom. The Bertz CT molecular complexity index is 693. The molecule has 1 aliphatic rings. The Morgan fingerprint density at radius 2 is 2.00 bits per heavy atom. The minimum atomic E-state index is -0.600. The van der Waals surface area contributed by atoms with Gasteiger partial charge in [-0.25, -0.2) is 0 Å². The van der Waals surface area contributed by atoms with Crippen LogP contribution in [0.4, 0.5) is 0 Å². The summed E-state index contributed by atoms with van der Waals surface area (Å²) in [5.41, 5.74) is 2.27. The average molecular weight is 331 g/mol. The highest BCUT2D eigenvalue weighted by molar-refractivity contribution is 9.10. The number of ketones is 1. The molecule has 0 radical (unpaired) electrons. The quantitative estimate of drug-likeness (QED) is 0.761. The van der Waals surface area contributed by atoms with E-state index in [4.69, 9.17) is 4.74 Å². The highest BCUT2D eigenvalue weighted by Crippen LogP contribution is 2.40. The zero-order chi connectivity index (χ0) is 14.3. The second-order valence-corrected chi connectivity index (χ2v) is 6.36. The number of carbonyl (C=O) groups excluding carboxylic acids is 1. The van der Waals surface area contributed by atoms with Crippen molar-refractivity contribution in [1.29, 1.82) is 0 Å². The summed E-state index contributed by atoms with van der Waals surface area (Å²) in [7, 11) is 0. The van der Waals surface area contributed by atoms with E-state index < -0.39 is 5.60 Å². The van der Waals surface area contributed by atoms with Crippen LogP contribution in [-0.2, 0) is 5.60 Å². The third-order valence-electron chi connectivity index (χ3n) is 3.71. The van der Waals surface area contributed by atoms with E-state index in [0.29, 0.717) is 17.7 Å². The molecule has 0 N–H and O–H groups in total. The topological polar surface area (TPSA) is 26.3 Å². The Labute approximate surface area is 126 Å². The van der Waals surface area contributed by atoms with Crippen LogP contribution in [0.2, 0.25) is 0 Å². The maximum Gasteiger partial charge on any atom is 0.170 e. The van der Waals surface area contributed by atoms with Crippen LogP contribution in [0.15, 0.2) is 46.9 Å². The van der Waals surface area contributed by atoms with Gasteiger partial charge in [0.2, 0.25) is 0 Å². The summed E-state index contributed by atoms with van der Waals surface area (Å²) in [5, 5.41) is 0. The molecule has 20 heavy (non-hydrogen) atoms. The van der Waals surface area contributed by atoms with Crippen molar-refractivity contribution in [1.82, 2.24) is 0 Å². The van der Waals surface area contributed by atoms with E-state index in [1.807, 2.05) is 50.2 Å². The number of fused-ring (bicyclic) bond motifs is 1. The molecular weight excluding hydrogens is 316 g/mol. The van der Waals surface area contributed by atoms with Crippen LogP contribution in [0.1, 0.15) is 34.8 Å². The first-order chi connectivity index (χ1) is 9.48. The van der Waals surface area contributed by atoms with Gasteiger partial charge in [-0.3, -0.25) is 4.79 Å². The summed E-state index contributed by atoms with van der Waals surface area (Å²) in [6.45, 7) is 4.02. The molecular formula is C17H15BrO2. The number of carbonyl (C=O) groups is 1. The molecule has 3 rings (SSSR count). The molecule has 0 aromatic heterocycles. The molecule has 1 heterocycles. The smallest absolute Gasteiger partial charge is 0.170 e. The average Bonchev–Trinajstić information content (AvgIpc) is 2.38. The van der Waals surface area contributed by atoms with Crippen molar-refractivity contribution in [3.05, 3.63) is 63.6 Å². The van der Waals surface area contributed by atoms with Crippen LogP contribution in [0.3, 0.4) is 0 Å². The van der Waals surface area contributed by atoms with Crippen LogP contribution in [0.25, 0.3) is 0 Å². The first kappa shape index (κ1) is 13.4. The van der Waals surface area contributed by atoms with Crippen molar-refractivity contribution in [2.45, 2.75) is 25.9 Å². The first-order valence-corrected chi connectivity index (χ1v) is 7.36. The fourth-order valence-corrected chi connectivity index (χ4v) is 2.97. The summed E-state index contributed by atoms with van der Waals surface area (Å²) in [4.78, 5) is 12.4. The van der Waals surface area contributed by atoms with E-state index in [1.54, 1.807) is 0 Å². The van der Waals surface area contributed by atoms with E-state index in [-0.39, 0.29) is 5.78 Å². The van der Waals surface area contributed by atoms with Gasteiger partial charge in [-0.2, -0.15) is 0 Å². The molecule has 0 bridgehead atoms. The Hall–Kier alpha value is -1.61. The second-order valence-electron chi connectivity index (χ2n) is 5.44. The first-order valence-electron chi connectivity index (χ1n) is 6.57. The minimum Gasteiger partial charge on any atom is -0.482 e. The highest BCUT2D eigenvalue weighted by Gasteiger charge is 2.38. The lowest BCUT2D eigenvalue weighted by Gasteiger charge is -2.35. The maximum atomic E-state index is 12.4. The SMILES string of the molecule is Cc1cccc(C2(C)CC(=O)c3ccc(Br)cc3O2)c1. The number of halogens is 1. The van der Waals surface area contributed by atoms with Gasteiger partial charge in [-0.15, -0.1) is 0 Å². The van der Waals surface area contributed by atoms with E-state index in [9.17, 15) is 4.79 Å². The minimum absolute atomic E-state index is 0.128. The standard InChI is InChI=1S/C17H15BrO2/c1-11-4-3-5-12(8-11)17(2)10-15(19)14-7-6-13(18)9-16(14)20-17/h3-9H,10H2,1-2H3. The van der Waals surface area contributed by atoms with Crippen molar-refractivity contribution in [2.75, 3.05) is 0 Å². The van der Waals surface area contributed by atoms with Gasteiger partial charge in [-0.05, 0) is 37.6 Å². The number of Topliss-reactive ketones (excluding diaryl/α,β-unsaturated/α-hetero) is 1. The van der Waals surface area contributed by atoms with Crippen LogP contribution in [-0.4, -0.2) is 5.78 Å². The third kappa shape index (κ3) is 2.27. The third-order valence-corrected chi connectivity index (χ3v) is 4.20. The molecule has 0 saturated carbocycles. The van der Waals surface area contributed by atoms with Gasteiger partial charge < -0.3 is 4.74 Å². The zero-order valence-corrected chi connectivity index (χ0v) is 13.0. The number of ether oxygens (including phenoxy) is 1. The fourth-order valence-electron chi connectivity index (χ4n) is 2.63. The van der Waals surface area contributed by atoms with Crippen molar-refractivity contribution >= 4 is 21.7 Å². The van der Waals surface area contributed by atoms with Gasteiger partial charge >= 0.3 is 0 Å². The molecule has 2 aromatic rings. The van der Waals surface area contributed by atoms with E-state index in [1.165, 1.54) is 5.56 Å². The lowest BCUT2D eigenvalue weighted by Crippen LogP contribution is -2.36. The number of aryl methyl sites for hydroxylation is 1. The Balaban J connectivity index is 2.07. The van der Waals surface area contributed by atoms with Gasteiger partial charge in [0.15, 0.2) is 5.78 Å². The summed E-state index contributed by atoms with van der Waals surface area (Å²) < 4.78 is 7.08. The molecule has 102 valence electrons. The molecule has 2 aromatic carbocycles. The summed E-state index contributed by atoms with van der Waals surface area (Å²) in [6.07, 6.45) is 0.366. The Morgan fingerprint density at radius 3 is 2.75 bits per heavy atom. The highest BCUT2D eigenvalue weighted by atomic mass is 79.9. The largest absolute Gasteiger partial charge is 0.482 e. The van der Waals surface area contributed by atoms with Gasteiger partial charge in [-0.1, -0.05) is 45.8 Å². The summed E-state index contributed by atoms with van der Waals surface area (Å²) in [6, 6.07) is 13.7. The molecule has 1 unspecified atom stereocenters. The van der Waals surface area contributed by atoms with Crippen molar-refractivity contribution in [3.8, 4) is 5.75 Å². The molecule has 1 atom stereocenters. The van der Waals surface area contributed by atoms with Crippen LogP contribution in [0, 0.1) is 6.92 Å². The Kier molecular flexibility index (Phi) is 3.17.